The Hall–Kier alpha value is -0.900. The second kappa shape index (κ2) is 8.25. The maximum absolute atomic E-state index is 5.90. The van der Waals surface area contributed by atoms with Crippen LogP contribution in [0.5, 0.6) is 0 Å². The molecule has 102 valence electrons. The van der Waals surface area contributed by atoms with Crippen molar-refractivity contribution < 1.29 is 4.74 Å². The predicted molar refractivity (Wildman–Crippen MR) is 76.7 cm³/mol. The molecule has 0 fully saturated rings. The van der Waals surface area contributed by atoms with E-state index in [0.29, 0.717) is 6.54 Å². The van der Waals surface area contributed by atoms with Crippen molar-refractivity contribution >= 4 is 0 Å². The van der Waals surface area contributed by atoms with Crippen molar-refractivity contribution in [2.75, 3.05) is 33.4 Å². The summed E-state index contributed by atoms with van der Waals surface area (Å²) in [5.41, 5.74) is 8.55. The molecule has 0 aromatic heterocycles. The first kappa shape index (κ1) is 15.2. The largest absolute Gasteiger partial charge is 0.380 e. The number of aryl methyl sites for hydroxylation is 1. The molecule has 3 heteroatoms. The second-order valence-corrected chi connectivity index (χ2v) is 4.52. The average molecular weight is 250 g/mol. The van der Waals surface area contributed by atoms with E-state index in [9.17, 15) is 0 Å². The lowest BCUT2D eigenvalue weighted by Gasteiger charge is -2.27. The fourth-order valence-electron chi connectivity index (χ4n) is 2.05. The van der Waals surface area contributed by atoms with Gasteiger partial charge in [-0.2, -0.15) is 0 Å². The van der Waals surface area contributed by atoms with Gasteiger partial charge in [0.1, 0.15) is 0 Å². The van der Waals surface area contributed by atoms with Gasteiger partial charge >= 0.3 is 0 Å². The van der Waals surface area contributed by atoms with Crippen molar-refractivity contribution in [1.82, 2.24) is 4.90 Å². The van der Waals surface area contributed by atoms with Crippen molar-refractivity contribution in [2.45, 2.75) is 26.3 Å². The summed E-state index contributed by atoms with van der Waals surface area (Å²) in [6.45, 7) is 7.26. The van der Waals surface area contributed by atoms with Crippen molar-refractivity contribution in [3.63, 3.8) is 0 Å². The van der Waals surface area contributed by atoms with E-state index in [2.05, 4.69) is 43.1 Å². The molecular formula is C15H26N2O. The smallest absolute Gasteiger partial charge is 0.0593 e. The molecule has 0 bridgehead atoms. The zero-order valence-electron chi connectivity index (χ0n) is 11.9. The summed E-state index contributed by atoms with van der Waals surface area (Å²) in [7, 11) is 2.10. The number of hydrogen-bond acceptors (Lipinski definition) is 3. The highest BCUT2D eigenvalue weighted by atomic mass is 16.5. The van der Waals surface area contributed by atoms with Crippen LogP contribution in [0.1, 0.15) is 31.0 Å². The van der Waals surface area contributed by atoms with Gasteiger partial charge in [0.25, 0.3) is 0 Å². The third-order valence-corrected chi connectivity index (χ3v) is 3.32. The molecule has 0 aliphatic rings. The van der Waals surface area contributed by atoms with Crippen molar-refractivity contribution in [2.24, 2.45) is 5.73 Å². The highest BCUT2D eigenvalue weighted by Crippen LogP contribution is 2.18. The molecule has 0 spiro atoms. The van der Waals surface area contributed by atoms with Crippen molar-refractivity contribution in [3.05, 3.63) is 35.4 Å². The highest BCUT2D eigenvalue weighted by Gasteiger charge is 2.14. The van der Waals surface area contributed by atoms with E-state index in [1.54, 1.807) is 0 Å². The van der Waals surface area contributed by atoms with E-state index in [-0.39, 0.29) is 6.04 Å². The highest BCUT2D eigenvalue weighted by molar-refractivity contribution is 5.25. The van der Waals surface area contributed by atoms with Crippen LogP contribution >= 0.6 is 0 Å². The minimum Gasteiger partial charge on any atom is -0.380 e. The summed E-state index contributed by atoms with van der Waals surface area (Å²) in [6, 6.07) is 9.03. The minimum atomic E-state index is 0.274. The van der Waals surface area contributed by atoms with Crippen LogP contribution in [0.15, 0.2) is 24.3 Å². The molecule has 1 aromatic carbocycles. The molecular weight excluding hydrogens is 224 g/mol. The van der Waals surface area contributed by atoms with E-state index in [1.165, 1.54) is 11.1 Å². The predicted octanol–water partition coefficient (Wildman–Crippen LogP) is 2.22. The maximum atomic E-state index is 5.90. The van der Waals surface area contributed by atoms with Gasteiger partial charge in [0.05, 0.1) is 6.61 Å². The summed E-state index contributed by atoms with van der Waals surface area (Å²) in [5, 5.41) is 0. The molecule has 3 nitrogen and oxygen atoms in total. The van der Waals surface area contributed by atoms with E-state index in [0.717, 1.165) is 26.2 Å². The van der Waals surface area contributed by atoms with Gasteiger partial charge in [0, 0.05) is 25.7 Å². The van der Waals surface area contributed by atoms with Crippen LogP contribution in [0.3, 0.4) is 0 Å². The molecule has 18 heavy (non-hydrogen) atoms. The Labute approximate surface area is 111 Å². The molecule has 0 radical (unpaired) electrons. The van der Waals surface area contributed by atoms with Crippen LogP contribution in [0.2, 0.25) is 0 Å². The van der Waals surface area contributed by atoms with Crippen LogP contribution in [-0.4, -0.2) is 38.3 Å². The summed E-state index contributed by atoms with van der Waals surface area (Å²) in [5.74, 6) is 0. The molecule has 1 atom stereocenters. The van der Waals surface area contributed by atoms with E-state index < -0.39 is 0 Å². The monoisotopic (exact) mass is 250 g/mol. The molecule has 0 aliphatic carbocycles. The Kier molecular flexibility index (Phi) is 6.94. The van der Waals surface area contributed by atoms with Crippen LogP contribution in [0.25, 0.3) is 0 Å². The number of benzene rings is 1. The van der Waals surface area contributed by atoms with Gasteiger partial charge in [0.15, 0.2) is 0 Å². The molecule has 1 rings (SSSR count). The summed E-state index contributed by atoms with van der Waals surface area (Å²) >= 11 is 0. The van der Waals surface area contributed by atoms with Crippen LogP contribution in [-0.2, 0) is 11.2 Å². The lowest BCUT2D eigenvalue weighted by molar-refractivity contribution is 0.108. The molecule has 1 aromatic rings. The fourth-order valence-corrected chi connectivity index (χ4v) is 2.05. The lowest BCUT2D eigenvalue weighted by atomic mass is 10.0. The van der Waals surface area contributed by atoms with Crippen LogP contribution in [0.4, 0.5) is 0 Å². The number of rotatable bonds is 8. The quantitative estimate of drug-likeness (QED) is 0.719. The van der Waals surface area contributed by atoms with Gasteiger partial charge in [-0.3, -0.25) is 4.90 Å². The van der Waals surface area contributed by atoms with Gasteiger partial charge < -0.3 is 10.5 Å². The zero-order valence-corrected chi connectivity index (χ0v) is 11.9. The fraction of sp³-hybridized carbons (Fsp3) is 0.600. The molecule has 2 N–H and O–H groups in total. The summed E-state index contributed by atoms with van der Waals surface area (Å²) in [4.78, 5) is 2.26. The Morgan fingerprint density at radius 3 is 2.39 bits per heavy atom. The SMILES string of the molecule is CCOCCN(C)C(CN)c1ccc(CC)cc1. The number of ether oxygens (including phenoxy) is 1. The number of hydrogen-bond donors (Lipinski definition) is 1. The lowest BCUT2D eigenvalue weighted by Crippen LogP contribution is -2.33. The molecule has 1 unspecified atom stereocenters. The Morgan fingerprint density at radius 1 is 1.22 bits per heavy atom. The number of nitrogens with two attached hydrogens (primary N) is 1. The van der Waals surface area contributed by atoms with Crippen molar-refractivity contribution in [3.8, 4) is 0 Å². The normalized spacial score (nSPS) is 12.9. The summed E-state index contributed by atoms with van der Waals surface area (Å²) < 4.78 is 5.39. The number of nitrogens with zero attached hydrogens (tertiary/aromatic N) is 1. The van der Waals surface area contributed by atoms with E-state index in [1.807, 2.05) is 6.92 Å². The van der Waals surface area contributed by atoms with Crippen LogP contribution < -0.4 is 5.73 Å². The second-order valence-electron chi connectivity index (χ2n) is 4.52. The summed E-state index contributed by atoms with van der Waals surface area (Å²) in [6.07, 6.45) is 1.08. The first-order valence-corrected chi connectivity index (χ1v) is 6.79. The third kappa shape index (κ3) is 4.41. The Bertz CT molecular complexity index is 324. The Morgan fingerprint density at radius 2 is 1.89 bits per heavy atom. The van der Waals surface area contributed by atoms with Gasteiger partial charge in [-0.05, 0) is 31.5 Å². The first-order valence-electron chi connectivity index (χ1n) is 6.79. The van der Waals surface area contributed by atoms with Gasteiger partial charge in [0.2, 0.25) is 0 Å². The number of likely N-dealkylation sites (N-methyl/N-ethyl adjacent to an activating group) is 1. The molecule has 0 saturated heterocycles. The third-order valence-electron chi connectivity index (χ3n) is 3.32. The van der Waals surface area contributed by atoms with Gasteiger partial charge in [-0.25, -0.2) is 0 Å². The van der Waals surface area contributed by atoms with E-state index in [4.69, 9.17) is 10.5 Å². The topological polar surface area (TPSA) is 38.5 Å². The Balaban J connectivity index is 2.62. The first-order chi connectivity index (χ1) is 8.72. The maximum Gasteiger partial charge on any atom is 0.0593 e. The minimum absolute atomic E-state index is 0.274. The van der Waals surface area contributed by atoms with Crippen LogP contribution in [0, 0.1) is 0 Å². The molecule has 0 saturated carbocycles. The molecule has 0 amide bonds. The molecule has 0 aliphatic heterocycles. The van der Waals surface area contributed by atoms with Gasteiger partial charge in [-0.1, -0.05) is 31.2 Å². The van der Waals surface area contributed by atoms with Crippen molar-refractivity contribution in [1.29, 1.82) is 0 Å². The molecule has 0 heterocycles. The standard InChI is InChI=1S/C15H26N2O/c1-4-13-6-8-14(9-7-13)15(12-16)17(3)10-11-18-5-2/h6-9,15H,4-5,10-12,16H2,1-3H3. The average Bonchev–Trinajstić information content (AvgIpc) is 2.41. The zero-order chi connectivity index (χ0) is 13.4. The van der Waals surface area contributed by atoms with E-state index >= 15 is 0 Å². The van der Waals surface area contributed by atoms with Gasteiger partial charge in [-0.15, -0.1) is 0 Å².